The molecule has 3 rings (SSSR count). The Morgan fingerprint density at radius 3 is 2.90 bits per heavy atom. The fourth-order valence-corrected chi connectivity index (χ4v) is 2.28. The van der Waals surface area contributed by atoms with E-state index in [1.54, 1.807) is 12.3 Å². The molecule has 100 valence electrons. The monoisotopic (exact) mass is 266 g/mol. The van der Waals surface area contributed by atoms with E-state index < -0.39 is 0 Å². The van der Waals surface area contributed by atoms with Gasteiger partial charge >= 0.3 is 0 Å². The number of pyridine rings is 1. The molecule has 4 nitrogen and oxygen atoms in total. The van der Waals surface area contributed by atoms with Gasteiger partial charge in [-0.3, -0.25) is 4.79 Å². The van der Waals surface area contributed by atoms with Crippen LogP contribution in [0.3, 0.4) is 0 Å². The van der Waals surface area contributed by atoms with Crippen LogP contribution in [0, 0.1) is 17.3 Å². The summed E-state index contributed by atoms with van der Waals surface area (Å²) in [6, 6.07) is 3.61. The van der Waals surface area contributed by atoms with E-state index in [9.17, 15) is 4.79 Å². The van der Waals surface area contributed by atoms with Crippen molar-refractivity contribution in [2.75, 3.05) is 0 Å². The number of Topliss-reactive ketones (excluding diaryl/α,β-unsaturated/α-hetero) is 1. The van der Waals surface area contributed by atoms with Crippen LogP contribution in [0.25, 0.3) is 0 Å². The third-order valence-corrected chi connectivity index (χ3v) is 3.57. The molecule has 0 bridgehead atoms. The molecule has 0 amide bonds. The Morgan fingerprint density at radius 1 is 1.30 bits per heavy atom. The molecule has 0 aromatic carbocycles. The topological polar surface area (TPSA) is 56.0 Å². The van der Waals surface area contributed by atoms with Crippen molar-refractivity contribution in [3.8, 4) is 11.8 Å². The van der Waals surface area contributed by atoms with E-state index in [-0.39, 0.29) is 11.2 Å². The van der Waals surface area contributed by atoms with Crippen LogP contribution in [-0.2, 0) is 6.42 Å². The average molecular weight is 266 g/mol. The molecule has 0 radical (unpaired) electrons. The van der Waals surface area contributed by atoms with Gasteiger partial charge in [-0.2, -0.15) is 0 Å². The van der Waals surface area contributed by atoms with Crippen LogP contribution in [0.1, 0.15) is 47.8 Å². The molecule has 0 atom stereocenters. The molecule has 0 spiro atoms. The highest BCUT2D eigenvalue weighted by atomic mass is 16.3. The number of hydrogen-bond acceptors (Lipinski definition) is 4. The number of rotatable bonds is 0. The molecule has 0 saturated heterocycles. The summed E-state index contributed by atoms with van der Waals surface area (Å²) in [5.41, 5.74) is 1.93. The third kappa shape index (κ3) is 2.23. The summed E-state index contributed by atoms with van der Waals surface area (Å²) in [5.74, 6) is 6.44. The normalized spacial score (nSPS) is 16.2. The van der Waals surface area contributed by atoms with Gasteiger partial charge < -0.3 is 4.42 Å². The van der Waals surface area contributed by atoms with E-state index in [0.29, 0.717) is 11.5 Å². The summed E-state index contributed by atoms with van der Waals surface area (Å²) >= 11 is 0. The number of oxazole rings is 1. The first kappa shape index (κ1) is 12.6. The fraction of sp³-hybridized carbons (Fsp3) is 0.312. The molecular weight excluding hydrogens is 252 g/mol. The van der Waals surface area contributed by atoms with E-state index in [0.717, 1.165) is 24.1 Å². The number of hydrogen-bond donors (Lipinski definition) is 0. The zero-order valence-corrected chi connectivity index (χ0v) is 11.4. The zero-order valence-electron chi connectivity index (χ0n) is 11.4. The van der Waals surface area contributed by atoms with Gasteiger partial charge in [0.05, 0.1) is 11.9 Å². The largest absolute Gasteiger partial charge is 0.435 e. The summed E-state index contributed by atoms with van der Waals surface area (Å²) in [6.07, 6.45) is 4.53. The molecule has 0 aliphatic heterocycles. The highest BCUT2D eigenvalue weighted by Gasteiger charge is 2.34. The van der Waals surface area contributed by atoms with Gasteiger partial charge in [-0.15, -0.1) is 0 Å². The van der Waals surface area contributed by atoms with Crippen LogP contribution in [0.5, 0.6) is 0 Å². The molecule has 2 aromatic heterocycles. The van der Waals surface area contributed by atoms with Gasteiger partial charge in [0.2, 0.25) is 0 Å². The number of carbonyl (C=O) groups excluding carboxylic acids is 1. The lowest BCUT2D eigenvalue weighted by molar-refractivity contribution is 0.0809. The number of nitrogens with zero attached hydrogens (tertiary/aromatic N) is 2. The van der Waals surface area contributed by atoms with Crippen molar-refractivity contribution in [1.82, 2.24) is 9.97 Å². The van der Waals surface area contributed by atoms with E-state index in [1.165, 1.54) is 6.39 Å². The Labute approximate surface area is 117 Å². The van der Waals surface area contributed by atoms with Gasteiger partial charge in [0.15, 0.2) is 17.9 Å². The number of fused-ring (bicyclic) bond motifs is 1. The second kappa shape index (κ2) is 4.61. The first-order valence-corrected chi connectivity index (χ1v) is 6.51. The third-order valence-electron chi connectivity index (χ3n) is 3.57. The molecule has 0 saturated carbocycles. The van der Waals surface area contributed by atoms with Crippen molar-refractivity contribution in [2.45, 2.75) is 26.7 Å². The molecule has 20 heavy (non-hydrogen) atoms. The van der Waals surface area contributed by atoms with E-state index in [2.05, 4.69) is 21.8 Å². The average Bonchev–Trinajstić information content (AvgIpc) is 2.94. The van der Waals surface area contributed by atoms with E-state index in [4.69, 9.17) is 4.42 Å². The summed E-state index contributed by atoms with van der Waals surface area (Å²) < 4.78 is 5.05. The number of carbonyl (C=O) groups is 1. The predicted octanol–water partition coefficient (Wildman–Crippen LogP) is 2.62. The Morgan fingerprint density at radius 2 is 2.15 bits per heavy atom. The van der Waals surface area contributed by atoms with Crippen LogP contribution in [-0.4, -0.2) is 15.8 Å². The zero-order chi connectivity index (χ0) is 14.2. The minimum atomic E-state index is -0.290. The second-order valence-corrected chi connectivity index (χ2v) is 5.52. The molecule has 0 unspecified atom stereocenters. The SMILES string of the molecule is CC1(C)CCc2nc(C#Cc3cnco3)ccc2C1=O. The van der Waals surface area contributed by atoms with E-state index >= 15 is 0 Å². The van der Waals surface area contributed by atoms with Gasteiger partial charge in [-0.05, 0) is 36.8 Å². The molecule has 2 heterocycles. The van der Waals surface area contributed by atoms with E-state index in [1.807, 2.05) is 19.9 Å². The maximum absolute atomic E-state index is 12.3. The molecule has 1 aliphatic carbocycles. The van der Waals surface area contributed by atoms with Crippen LogP contribution in [0.2, 0.25) is 0 Å². The highest BCUT2D eigenvalue weighted by Crippen LogP contribution is 2.33. The first-order chi connectivity index (χ1) is 9.56. The molecule has 4 heteroatoms. The number of aryl methyl sites for hydroxylation is 1. The lowest BCUT2D eigenvalue weighted by Gasteiger charge is -2.28. The lowest BCUT2D eigenvalue weighted by atomic mass is 9.75. The summed E-state index contributed by atoms with van der Waals surface area (Å²) in [6.45, 7) is 3.96. The van der Waals surface area contributed by atoms with Crippen LogP contribution in [0.4, 0.5) is 0 Å². The summed E-state index contributed by atoms with van der Waals surface area (Å²) in [4.78, 5) is 20.6. The smallest absolute Gasteiger partial charge is 0.197 e. The van der Waals surface area contributed by atoms with Crippen LogP contribution in [0.15, 0.2) is 29.1 Å². The van der Waals surface area contributed by atoms with Gasteiger partial charge in [-0.25, -0.2) is 9.97 Å². The molecule has 1 aliphatic rings. The highest BCUT2D eigenvalue weighted by molar-refractivity contribution is 6.01. The summed E-state index contributed by atoms with van der Waals surface area (Å²) in [5, 5.41) is 0. The van der Waals surface area contributed by atoms with Crippen LogP contribution < -0.4 is 0 Å². The minimum Gasteiger partial charge on any atom is -0.435 e. The van der Waals surface area contributed by atoms with Crippen molar-refractivity contribution in [3.05, 3.63) is 47.4 Å². The first-order valence-electron chi connectivity index (χ1n) is 6.51. The minimum absolute atomic E-state index is 0.168. The van der Waals surface area contributed by atoms with Crippen molar-refractivity contribution in [3.63, 3.8) is 0 Å². The Hall–Kier alpha value is -2.41. The predicted molar refractivity (Wildman–Crippen MR) is 73.2 cm³/mol. The van der Waals surface area contributed by atoms with Gasteiger partial charge in [0.1, 0.15) is 5.69 Å². The number of aromatic nitrogens is 2. The van der Waals surface area contributed by atoms with Gasteiger partial charge in [0, 0.05) is 11.0 Å². The van der Waals surface area contributed by atoms with Crippen molar-refractivity contribution < 1.29 is 9.21 Å². The maximum Gasteiger partial charge on any atom is 0.197 e. The van der Waals surface area contributed by atoms with Crippen molar-refractivity contribution >= 4 is 5.78 Å². The second-order valence-electron chi connectivity index (χ2n) is 5.52. The standard InChI is InChI=1S/C16H14N2O2/c1-16(2)8-7-14-13(15(16)19)6-4-11(18-14)3-5-12-9-17-10-20-12/h4,6,9-10H,7-8H2,1-2H3. The maximum atomic E-state index is 12.3. The Balaban J connectivity index is 1.93. The van der Waals surface area contributed by atoms with Gasteiger partial charge in [0.25, 0.3) is 0 Å². The van der Waals surface area contributed by atoms with Crippen molar-refractivity contribution in [1.29, 1.82) is 0 Å². The van der Waals surface area contributed by atoms with Crippen molar-refractivity contribution in [2.24, 2.45) is 5.41 Å². The van der Waals surface area contributed by atoms with Gasteiger partial charge in [-0.1, -0.05) is 13.8 Å². The molecular formula is C16H14N2O2. The Bertz CT molecular complexity index is 719. The molecule has 0 N–H and O–H groups in total. The molecule has 0 fully saturated rings. The number of ketones is 1. The lowest BCUT2D eigenvalue weighted by Crippen LogP contribution is -2.31. The fourth-order valence-electron chi connectivity index (χ4n) is 2.28. The quantitative estimate of drug-likeness (QED) is 0.688. The Kier molecular flexibility index (Phi) is 2.90. The van der Waals surface area contributed by atoms with Crippen LogP contribution >= 0.6 is 0 Å². The summed E-state index contributed by atoms with van der Waals surface area (Å²) in [7, 11) is 0. The molecule has 2 aromatic rings.